The van der Waals surface area contributed by atoms with Gasteiger partial charge in [-0.2, -0.15) is 0 Å². The van der Waals surface area contributed by atoms with E-state index in [1.54, 1.807) is 6.20 Å². The van der Waals surface area contributed by atoms with Gasteiger partial charge in [-0.1, -0.05) is 30.3 Å². The van der Waals surface area contributed by atoms with Crippen molar-refractivity contribution in [2.45, 2.75) is 6.54 Å². The van der Waals surface area contributed by atoms with Crippen LogP contribution in [0.4, 0.5) is 0 Å². The molecule has 0 bridgehead atoms. The molecule has 1 aromatic carbocycles. The molecule has 0 spiro atoms. The molecule has 20 heavy (non-hydrogen) atoms. The highest BCUT2D eigenvalue weighted by Crippen LogP contribution is 2.23. The number of ketones is 1. The second kappa shape index (κ2) is 5.73. The number of hydrogen-bond acceptors (Lipinski definition) is 3. The standard InChI is InChI=1S/C15H11BrN2OS/c16-14-7-6-13(20-14)12(19)10-18-9-8-17-15(18)11-4-2-1-3-5-11/h1-9H,10H2. The third-order valence-electron chi connectivity index (χ3n) is 2.91. The van der Waals surface area contributed by atoms with Gasteiger partial charge in [0.15, 0.2) is 5.78 Å². The first kappa shape index (κ1) is 13.3. The van der Waals surface area contributed by atoms with E-state index >= 15 is 0 Å². The van der Waals surface area contributed by atoms with Gasteiger partial charge in [-0.15, -0.1) is 11.3 Å². The first-order chi connectivity index (χ1) is 9.74. The van der Waals surface area contributed by atoms with Crippen molar-refractivity contribution in [2.75, 3.05) is 0 Å². The van der Waals surface area contributed by atoms with E-state index in [1.165, 1.54) is 11.3 Å². The molecule has 0 aliphatic rings. The predicted octanol–water partition coefficient (Wildman–Crippen LogP) is 4.26. The lowest BCUT2D eigenvalue weighted by Gasteiger charge is -2.06. The number of Topliss-reactive ketones (excluding diaryl/α,β-unsaturated/α-hetero) is 1. The van der Waals surface area contributed by atoms with Gasteiger partial charge in [0.2, 0.25) is 0 Å². The number of halogens is 1. The monoisotopic (exact) mass is 346 g/mol. The van der Waals surface area contributed by atoms with Crippen molar-refractivity contribution in [1.82, 2.24) is 9.55 Å². The Kier molecular flexibility index (Phi) is 3.80. The van der Waals surface area contributed by atoms with Gasteiger partial charge in [0.25, 0.3) is 0 Å². The number of thiophene rings is 1. The molecule has 100 valence electrons. The summed E-state index contributed by atoms with van der Waals surface area (Å²) in [5.41, 5.74) is 1.01. The number of nitrogens with zero attached hydrogens (tertiary/aromatic N) is 2. The molecule has 2 heterocycles. The van der Waals surface area contributed by atoms with Crippen molar-refractivity contribution >= 4 is 33.0 Å². The minimum atomic E-state index is 0.0934. The SMILES string of the molecule is O=C(Cn1ccnc1-c1ccccc1)c1ccc(Br)s1. The molecule has 0 saturated heterocycles. The Hall–Kier alpha value is -1.72. The van der Waals surface area contributed by atoms with Crippen LogP contribution in [-0.4, -0.2) is 15.3 Å². The molecule has 0 atom stereocenters. The van der Waals surface area contributed by atoms with Crippen LogP contribution in [0.3, 0.4) is 0 Å². The minimum Gasteiger partial charge on any atom is -0.323 e. The zero-order valence-corrected chi connectivity index (χ0v) is 12.9. The van der Waals surface area contributed by atoms with Crippen LogP contribution in [0.2, 0.25) is 0 Å². The number of imidazole rings is 1. The number of rotatable bonds is 4. The zero-order valence-electron chi connectivity index (χ0n) is 10.5. The number of hydrogen-bond donors (Lipinski definition) is 0. The summed E-state index contributed by atoms with van der Waals surface area (Å²) < 4.78 is 2.85. The summed E-state index contributed by atoms with van der Waals surface area (Å²) in [6, 6.07) is 13.6. The Labute approximate surface area is 129 Å². The largest absolute Gasteiger partial charge is 0.323 e. The summed E-state index contributed by atoms with van der Waals surface area (Å²) in [4.78, 5) is 17.3. The lowest BCUT2D eigenvalue weighted by atomic mass is 10.2. The Morgan fingerprint density at radius 2 is 2.00 bits per heavy atom. The molecule has 0 amide bonds. The summed E-state index contributed by atoms with van der Waals surface area (Å²) in [7, 11) is 0. The molecule has 0 radical (unpaired) electrons. The Balaban J connectivity index is 1.86. The van der Waals surface area contributed by atoms with Crippen LogP contribution in [0.5, 0.6) is 0 Å². The second-order valence-corrected chi connectivity index (χ2v) is 6.73. The maximum atomic E-state index is 12.2. The van der Waals surface area contributed by atoms with Crippen molar-refractivity contribution in [3.63, 3.8) is 0 Å². The number of benzene rings is 1. The highest BCUT2D eigenvalue weighted by molar-refractivity contribution is 9.11. The first-order valence-corrected chi connectivity index (χ1v) is 7.70. The fourth-order valence-electron chi connectivity index (χ4n) is 1.98. The normalized spacial score (nSPS) is 10.7. The topological polar surface area (TPSA) is 34.9 Å². The van der Waals surface area contributed by atoms with Gasteiger partial charge >= 0.3 is 0 Å². The van der Waals surface area contributed by atoms with E-state index in [9.17, 15) is 4.79 Å². The molecule has 3 nitrogen and oxygen atoms in total. The third-order valence-corrected chi connectivity index (χ3v) is 4.57. The highest BCUT2D eigenvalue weighted by atomic mass is 79.9. The highest BCUT2D eigenvalue weighted by Gasteiger charge is 2.12. The van der Waals surface area contributed by atoms with Crippen LogP contribution in [0.25, 0.3) is 11.4 Å². The molecule has 3 aromatic rings. The summed E-state index contributed by atoms with van der Waals surface area (Å²) >= 11 is 4.83. The van der Waals surface area contributed by atoms with Crippen molar-refractivity contribution in [1.29, 1.82) is 0 Å². The molecule has 5 heteroatoms. The van der Waals surface area contributed by atoms with Gasteiger partial charge in [-0.3, -0.25) is 4.79 Å². The maximum absolute atomic E-state index is 12.2. The van der Waals surface area contributed by atoms with E-state index in [-0.39, 0.29) is 5.78 Å². The van der Waals surface area contributed by atoms with Crippen LogP contribution in [0, 0.1) is 0 Å². The van der Waals surface area contributed by atoms with Crippen LogP contribution in [0.1, 0.15) is 9.67 Å². The second-order valence-electron chi connectivity index (χ2n) is 4.27. The molecule has 0 unspecified atom stereocenters. The lowest BCUT2D eigenvalue weighted by Crippen LogP contribution is -2.09. The fourth-order valence-corrected chi connectivity index (χ4v) is 3.30. The number of carbonyl (C=O) groups is 1. The summed E-state index contributed by atoms with van der Waals surface area (Å²) in [5.74, 6) is 0.908. The van der Waals surface area contributed by atoms with Gasteiger partial charge < -0.3 is 4.57 Å². The van der Waals surface area contributed by atoms with Crippen molar-refractivity contribution in [3.05, 3.63) is 63.5 Å². The Morgan fingerprint density at radius 3 is 2.70 bits per heavy atom. The molecule has 2 aromatic heterocycles. The average Bonchev–Trinajstić information content (AvgIpc) is 3.09. The van der Waals surface area contributed by atoms with E-state index in [0.29, 0.717) is 6.54 Å². The van der Waals surface area contributed by atoms with Crippen LogP contribution < -0.4 is 0 Å². The molecule has 3 rings (SSSR count). The molecule has 0 fully saturated rings. The Morgan fingerprint density at radius 1 is 1.20 bits per heavy atom. The quantitative estimate of drug-likeness (QED) is 0.661. The zero-order chi connectivity index (χ0) is 13.9. The molecule has 0 saturated carbocycles. The third kappa shape index (κ3) is 2.73. The molecule has 0 aliphatic carbocycles. The van der Waals surface area contributed by atoms with Gasteiger partial charge in [0, 0.05) is 18.0 Å². The average molecular weight is 347 g/mol. The predicted molar refractivity (Wildman–Crippen MR) is 84.0 cm³/mol. The van der Waals surface area contributed by atoms with Crippen molar-refractivity contribution in [2.24, 2.45) is 0 Å². The minimum absolute atomic E-state index is 0.0934. The summed E-state index contributed by atoms with van der Waals surface area (Å²) in [5, 5.41) is 0. The summed E-state index contributed by atoms with van der Waals surface area (Å²) in [6.45, 7) is 0.303. The smallest absolute Gasteiger partial charge is 0.192 e. The lowest BCUT2D eigenvalue weighted by molar-refractivity contribution is 0.0976. The van der Waals surface area contributed by atoms with E-state index in [1.807, 2.05) is 53.2 Å². The van der Waals surface area contributed by atoms with Crippen molar-refractivity contribution < 1.29 is 4.79 Å². The van der Waals surface area contributed by atoms with Crippen LogP contribution in [0.15, 0.2) is 58.6 Å². The van der Waals surface area contributed by atoms with Gasteiger partial charge in [0.05, 0.1) is 15.2 Å². The van der Waals surface area contributed by atoms with Gasteiger partial charge in [-0.05, 0) is 28.1 Å². The van der Waals surface area contributed by atoms with Gasteiger partial charge in [0.1, 0.15) is 5.82 Å². The first-order valence-electron chi connectivity index (χ1n) is 6.09. The van der Waals surface area contributed by atoms with E-state index in [4.69, 9.17) is 0 Å². The Bertz CT molecular complexity index is 733. The van der Waals surface area contributed by atoms with E-state index in [2.05, 4.69) is 20.9 Å². The number of aromatic nitrogens is 2. The molecule has 0 aliphatic heterocycles. The summed E-state index contributed by atoms with van der Waals surface area (Å²) in [6.07, 6.45) is 3.56. The molecular weight excluding hydrogens is 336 g/mol. The van der Waals surface area contributed by atoms with E-state index in [0.717, 1.165) is 20.1 Å². The number of carbonyl (C=O) groups excluding carboxylic acids is 1. The molecular formula is C15H11BrN2OS. The van der Waals surface area contributed by atoms with Gasteiger partial charge in [-0.25, -0.2) is 4.98 Å². The van der Waals surface area contributed by atoms with Crippen LogP contribution >= 0.6 is 27.3 Å². The maximum Gasteiger partial charge on any atom is 0.192 e. The van der Waals surface area contributed by atoms with Crippen molar-refractivity contribution in [3.8, 4) is 11.4 Å². The van der Waals surface area contributed by atoms with Crippen LogP contribution in [-0.2, 0) is 6.54 Å². The fraction of sp³-hybridized carbons (Fsp3) is 0.0667. The molecule has 0 N–H and O–H groups in total. The van der Waals surface area contributed by atoms with E-state index < -0.39 is 0 Å².